The number of nitrogens with one attached hydrogen (secondary N) is 1. The van der Waals surface area contributed by atoms with Crippen molar-refractivity contribution in [2.75, 3.05) is 17.7 Å². The standard InChI is InChI=1S/C14H13ClN4O2S2/c1-3-21-10-5-4-9(15)11(18-10)12(20)19-14-17-8(2)13(23-14)22-7-6-16/h4-5H,3,7H2,1-2H3,(H,17,19,20). The first-order valence-corrected chi connectivity index (χ1v) is 8.81. The third-order valence-corrected chi connectivity index (χ3v) is 5.18. The number of ether oxygens (including phenoxy) is 1. The molecule has 0 atom stereocenters. The largest absolute Gasteiger partial charge is 0.478 e. The molecule has 0 radical (unpaired) electrons. The van der Waals surface area contributed by atoms with Gasteiger partial charge in [-0.2, -0.15) is 5.26 Å². The number of nitrogens with zero attached hydrogens (tertiary/aromatic N) is 3. The average molecular weight is 369 g/mol. The van der Waals surface area contributed by atoms with Crippen molar-refractivity contribution in [2.24, 2.45) is 0 Å². The molecule has 0 spiro atoms. The van der Waals surface area contributed by atoms with Crippen molar-refractivity contribution in [3.63, 3.8) is 0 Å². The fourth-order valence-corrected chi connectivity index (χ4v) is 3.62. The molecule has 0 bridgehead atoms. The Morgan fingerprint density at radius 1 is 1.52 bits per heavy atom. The van der Waals surface area contributed by atoms with Crippen molar-refractivity contribution >= 4 is 45.7 Å². The zero-order chi connectivity index (χ0) is 16.8. The molecular weight excluding hydrogens is 356 g/mol. The molecule has 2 heterocycles. The molecule has 0 aliphatic heterocycles. The second-order valence-electron chi connectivity index (χ2n) is 4.21. The van der Waals surface area contributed by atoms with Gasteiger partial charge in [-0.3, -0.25) is 10.1 Å². The molecule has 1 amide bonds. The fraction of sp³-hybridized carbons (Fsp3) is 0.286. The highest BCUT2D eigenvalue weighted by molar-refractivity contribution is 8.01. The Hall–Kier alpha value is -1.82. The van der Waals surface area contributed by atoms with Gasteiger partial charge in [0.1, 0.15) is 0 Å². The van der Waals surface area contributed by atoms with Crippen LogP contribution in [0.15, 0.2) is 16.3 Å². The molecule has 0 unspecified atom stereocenters. The normalized spacial score (nSPS) is 10.2. The van der Waals surface area contributed by atoms with Crippen LogP contribution in [-0.4, -0.2) is 28.2 Å². The first kappa shape index (κ1) is 17.5. The summed E-state index contributed by atoms with van der Waals surface area (Å²) >= 11 is 8.72. The number of pyridine rings is 1. The van der Waals surface area contributed by atoms with Crippen LogP contribution in [0.5, 0.6) is 5.88 Å². The number of hydrogen-bond acceptors (Lipinski definition) is 7. The number of hydrogen-bond donors (Lipinski definition) is 1. The molecular formula is C14H13ClN4O2S2. The monoisotopic (exact) mass is 368 g/mol. The van der Waals surface area contributed by atoms with Gasteiger partial charge < -0.3 is 4.74 Å². The topological polar surface area (TPSA) is 87.9 Å². The molecule has 2 aromatic heterocycles. The van der Waals surface area contributed by atoms with E-state index >= 15 is 0 Å². The van der Waals surface area contributed by atoms with Crippen LogP contribution < -0.4 is 10.1 Å². The number of rotatable bonds is 6. The minimum absolute atomic E-state index is 0.0803. The summed E-state index contributed by atoms with van der Waals surface area (Å²) in [6.45, 7) is 4.10. The number of thiazole rings is 1. The van der Waals surface area contributed by atoms with Gasteiger partial charge in [0.2, 0.25) is 5.88 Å². The number of nitriles is 1. The van der Waals surface area contributed by atoms with E-state index in [1.165, 1.54) is 23.1 Å². The predicted molar refractivity (Wildman–Crippen MR) is 91.6 cm³/mol. The second-order valence-corrected chi connectivity index (χ2v) is 6.86. The lowest BCUT2D eigenvalue weighted by molar-refractivity contribution is 0.102. The third-order valence-electron chi connectivity index (χ3n) is 2.57. The Labute approximate surface area is 146 Å². The molecule has 0 saturated carbocycles. The highest BCUT2D eigenvalue weighted by Gasteiger charge is 2.17. The van der Waals surface area contributed by atoms with Crippen molar-refractivity contribution in [3.8, 4) is 11.9 Å². The molecule has 0 fully saturated rings. The van der Waals surface area contributed by atoms with Gasteiger partial charge >= 0.3 is 0 Å². The smallest absolute Gasteiger partial charge is 0.277 e. The lowest BCUT2D eigenvalue weighted by Crippen LogP contribution is -2.14. The number of aryl methyl sites for hydroxylation is 1. The number of carbonyl (C=O) groups is 1. The fourth-order valence-electron chi connectivity index (χ4n) is 1.64. The summed E-state index contributed by atoms with van der Waals surface area (Å²) in [6.07, 6.45) is 0. The summed E-state index contributed by atoms with van der Waals surface area (Å²) < 4.78 is 6.17. The maximum atomic E-state index is 12.3. The van der Waals surface area contributed by atoms with Gasteiger partial charge in [-0.15, -0.1) is 0 Å². The van der Waals surface area contributed by atoms with Crippen LogP contribution in [-0.2, 0) is 0 Å². The van der Waals surface area contributed by atoms with E-state index < -0.39 is 5.91 Å². The molecule has 0 aliphatic rings. The predicted octanol–water partition coefficient (Wildman–Crippen LogP) is 3.77. The molecule has 9 heteroatoms. The molecule has 1 N–H and O–H groups in total. The number of aromatic nitrogens is 2. The van der Waals surface area contributed by atoms with Crippen LogP contribution in [0.4, 0.5) is 5.13 Å². The highest BCUT2D eigenvalue weighted by Crippen LogP contribution is 2.32. The number of thioether (sulfide) groups is 1. The summed E-state index contributed by atoms with van der Waals surface area (Å²) in [7, 11) is 0. The molecule has 120 valence electrons. The summed E-state index contributed by atoms with van der Waals surface area (Å²) in [5, 5.41) is 12.0. The van der Waals surface area contributed by atoms with Crippen LogP contribution in [0, 0.1) is 18.3 Å². The Kier molecular flexibility index (Phi) is 6.21. The third kappa shape index (κ3) is 4.58. The van der Waals surface area contributed by atoms with Crippen LogP contribution in [0.2, 0.25) is 5.02 Å². The van der Waals surface area contributed by atoms with Crippen molar-refractivity contribution < 1.29 is 9.53 Å². The van der Waals surface area contributed by atoms with Crippen LogP contribution in [0.25, 0.3) is 0 Å². The maximum Gasteiger partial charge on any atom is 0.277 e. The Morgan fingerprint density at radius 3 is 3.00 bits per heavy atom. The first-order chi connectivity index (χ1) is 11.0. The van der Waals surface area contributed by atoms with Crippen molar-refractivity contribution in [1.82, 2.24) is 9.97 Å². The van der Waals surface area contributed by atoms with E-state index in [1.807, 2.05) is 13.8 Å². The molecule has 6 nitrogen and oxygen atoms in total. The van der Waals surface area contributed by atoms with Crippen molar-refractivity contribution in [3.05, 3.63) is 28.5 Å². The molecule has 0 aromatic carbocycles. The highest BCUT2D eigenvalue weighted by atomic mass is 35.5. The Balaban J connectivity index is 2.16. The molecule has 2 aromatic rings. The van der Waals surface area contributed by atoms with E-state index in [-0.39, 0.29) is 10.7 Å². The van der Waals surface area contributed by atoms with Crippen molar-refractivity contribution in [2.45, 2.75) is 18.1 Å². The minimum Gasteiger partial charge on any atom is -0.478 e. The maximum absolute atomic E-state index is 12.3. The van der Waals surface area contributed by atoms with E-state index in [1.54, 1.807) is 12.1 Å². The van der Waals surface area contributed by atoms with E-state index in [0.717, 1.165) is 9.90 Å². The SMILES string of the molecule is CCOc1ccc(Cl)c(C(=O)Nc2nc(C)c(SCC#N)s2)n1. The Bertz CT molecular complexity index is 758. The number of halogens is 1. The van der Waals surface area contributed by atoms with Crippen molar-refractivity contribution in [1.29, 1.82) is 5.26 Å². The zero-order valence-electron chi connectivity index (χ0n) is 12.4. The molecule has 0 aliphatic carbocycles. The van der Waals surface area contributed by atoms with Gasteiger partial charge in [0.25, 0.3) is 5.91 Å². The number of anilines is 1. The summed E-state index contributed by atoms with van der Waals surface area (Å²) in [6, 6.07) is 5.23. The first-order valence-electron chi connectivity index (χ1n) is 6.63. The second kappa shape index (κ2) is 8.15. The van der Waals surface area contributed by atoms with Gasteiger partial charge in [0.15, 0.2) is 10.8 Å². The van der Waals surface area contributed by atoms with E-state index in [9.17, 15) is 4.79 Å². The van der Waals surface area contributed by atoms with Gasteiger partial charge in [0.05, 0.1) is 33.4 Å². The molecule has 2 rings (SSSR count). The van der Waals surface area contributed by atoms with Crippen LogP contribution >= 0.6 is 34.7 Å². The zero-order valence-corrected chi connectivity index (χ0v) is 14.8. The number of carbonyl (C=O) groups excluding carboxylic acids is 1. The summed E-state index contributed by atoms with van der Waals surface area (Å²) in [5.41, 5.74) is 0.851. The number of amides is 1. The summed E-state index contributed by atoms with van der Waals surface area (Å²) in [4.78, 5) is 20.7. The van der Waals surface area contributed by atoms with Gasteiger partial charge in [-0.05, 0) is 19.9 Å². The van der Waals surface area contributed by atoms with Gasteiger partial charge in [0, 0.05) is 6.07 Å². The average Bonchev–Trinajstić information content (AvgIpc) is 2.86. The summed E-state index contributed by atoms with van der Waals surface area (Å²) in [5.74, 6) is 0.213. The van der Waals surface area contributed by atoms with E-state index in [0.29, 0.717) is 23.4 Å². The minimum atomic E-state index is -0.456. The van der Waals surface area contributed by atoms with Gasteiger partial charge in [-0.1, -0.05) is 34.7 Å². The quantitative estimate of drug-likeness (QED) is 0.781. The lowest BCUT2D eigenvalue weighted by atomic mass is 10.3. The van der Waals surface area contributed by atoms with Crippen LogP contribution in [0.3, 0.4) is 0 Å². The molecule has 0 saturated heterocycles. The van der Waals surface area contributed by atoms with Gasteiger partial charge in [-0.25, -0.2) is 9.97 Å². The molecule has 23 heavy (non-hydrogen) atoms. The lowest BCUT2D eigenvalue weighted by Gasteiger charge is -2.06. The van der Waals surface area contributed by atoms with E-state index in [4.69, 9.17) is 21.6 Å². The van der Waals surface area contributed by atoms with Crippen LogP contribution in [0.1, 0.15) is 23.1 Å². The Morgan fingerprint density at radius 2 is 2.30 bits per heavy atom. The van der Waals surface area contributed by atoms with E-state index in [2.05, 4.69) is 21.4 Å².